The zero-order chi connectivity index (χ0) is 7.84. The molecular formula is C5H9N3S3. The predicted octanol–water partition coefficient (Wildman–Crippen LogP) is 0.182. The SMILES string of the molecule is NC(=S)NN1[C@@H]2CS[C@H]1CS2. The summed E-state index contributed by atoms with van der Waals surface area (Å²) in [5.74, 6) is 2.37. The fourth-order valence-electron chi connectivity index (χ4n) is 1.26. The molecule has 2 aliphatic rings. The molecule has 0 spiro atoms. The highest BCUT2D eigenvalue weighted by Gasteiger charge is 2.41. The van der Waals surface area contributed by atoms with E-state index in [9.17, 15) is 0 Å². The third kappa shape index (κ3) is 1.44. The summed E-state index contributed by atoms with van der Waals surface area (Å²) in [6.45, 7) is 0. The first kappa shape index (κ1) is 7.97. The van der Waals surface area contributed by atoms with E-state index in [0.29, 0.717) is 15.9 Å². The quantitative estimate of drug-likeness (QED) is 0.598. The number of thiocarbonyl (C=S) groups is 1. The largest absolute Gasteiger partial charge is 0.375 e. The van der Waals surface area contributed by atoms with Gasteiger partial charge in [0.2, 0.25) is 0 Å². The lowest BCUT2D eigenvalue weighted by atomic mass is 10.6. The summed E-state index contributed by atoms with van der Waals surface area (Å²) < 4.78 is 0. The van der Waals surface area contributed by atoms with Gasteiger partial charge in [-0.1, -0.05) is 0 Å². The highest BCUT2D eigenvalue weighted by Crippen LogP contribution is 2.42. The molecule has 0 aliphatic carbocycles. The molecule has 11 heavy (non-hydrogen) atoms. The molecule has 2 fully saturated rings. The Labute approximate surface area is 79.4 Å². The number of nitrogens with zero attached hydrogens (tertiary/aromatic N) is 1. The summed E-state index contributed by atoms with van der Waals surface area (Å²) in [5, 5.41) is 3.69. The molecule has 2 heterocycles. The van der Waals surface area contributed by atoms with Gasteiger partial charge in [-0.15, -0.1) is 23.5 Å². The average molecular weight is 207 g/mol. The first-order valence-electron chi connectivity index (χ1n) is 3.35. The van der Waals surface area contributed by atoms with E-state index in [0.717, 1.165) is 0 Å². The molecule has 2 saturated heterocycles. The van der Waals surface area contributed by atoms with Crippen LogP contribution in [0.5, 0.6) is 0 Å². The summed E-state index contributed by atoms with van der Waals surface area (Å²) in [7, 11) is 0. The molecule has 3 nitrogen and oxygen atoms in total. The fraction of sp³-hybridized carbons (Fsp3) is 0.800. The molecule has 6 heteroatoms. The number of rotatable bonds is 1. The van der Waals surface area contributed by atoms with Gasteiger partial charge in [0.15, 0.2) is 5.11 Å². The van der Waals surface area contributed by atoms with Crippen LogP contribution in [0.1, 0.15) is 0 Å². The van der Waals surface area contributed by atoms with E-state index in [-0.39, 0.29) is 0 Å². The Morgan fingerprint density at radius 1 is 1.45 bits per heavy atom. The topological polar surface area (TPSA) is 41.3 Å². The first-order valence-corrected chi connectivity index (χ1v) is 5.85. The lowest BCUT2D eigenvalue weighted by molar-refractivity contribution is 0.256. The predicted molar refractivity (Wildman–Crippen MR) is 54.3 cm³/mol. The molecule has 0 unspecified atom stereocenters. The molecule has 0 aromatic heterocycles. The van der Waals surface area contributed by atoms with Crippen LogP contribution >= 0.6 is 35.7 Å². The zero-order valence-corrected chi connectivity index (χ0v) is 8.27. The van der Waals surface area contributed by atoms with Crippen molar-refractivity contribution in [3.05, 3.63) is 0 Å². The monoisotopic (exact) mass is 207 g/mol. The van der Waals surface area contributed by atoms with Crippen molar-refractivity contribution in [2.75, 3.05) is 11.5 Å². The van der Waals surface area contributed by atoms with Crippen LogP contribution in [0, 0.1) is 0 Å². The van der Waals surface area contributed by atoms with Gasteiger partial charge >= 0.3 is 0 Å². The molecule has 2 bridgehead atoms. The number of hydrogen-bond donors (Lipinski definition) is 2. The molecule has 62 valence electrons. The van der Waals surface area contributed by atoms with Gasteiger partial charge in [-0.25, -0.2) is 0 Å². The number of nitrogens with two attached hydrogens (primary N) is 1. The van der Waals surface area contributed by atoms with Crippen LogP contribution in [0.2, 0.25) is 0 Å². The molecular weight excluding hydrogens is 198 g/mol. The second kappa shape index (κ2) is 3.01. The van der Waals surface area contributed by atoms with Crippen molar-refractivity contribution in [3.8, 4) is 0 Å². The Morgan fingerprint density at radius 2 is 2.00 bits per heavy atom. The van der Waals surface area contributed by atoms with Crippen molar-refractivity contribution in [1.82, 2.24) is 10.4 Å². The minimum Gasteiger partial charge on any atom is -0.375 e. The van der Waals surface area contributed by atoms with Gasteiger partial charge in [0, 0.05) is 11.5 Å². The van der Waals surface area contributed by atoms with Crippen LogP contribution < -0.4 is 11.2 Å². The Hall–Kier alpha value is 0.350. The van der Waals surface area contributed by atoms with Crippen LogP contribution in [0.4, 0.5) is 0 Å². The van der Waals surface area contributed by atoms with E-state index in [2.05, 4.69) is 10.4 Å². The van der Waals surface area contributed by atoms with Crippen molar-refractivity contribution in [1.29, 1.82) is 0 Å². The zero-order valence-electron chi connectivity index (χ0n) is 5.82. The van der Waals surface area contributed by atoms with Crippen LogP contribution in [-0.2, 0) is 0 Å². The normalized spacial score (nSPS) is 36.0. The minimum atomic E-state index is 0.380. The molecule has 0 saturated carbocycles. The van der Waals surface area contributed by atoms with Crippen molar-refractivity contribution >= 4 is 40.9 Å². The standard InChI is InChI=1S/C5H9N3S3/c6-5(9)7-8-3-1-10-4(8)2-11-3/h3-4H,1-2H2,(H3,6,7,9)/t3-,4-/m0/s1. The Kier molecular flexibility index (Phi) is 2.18. The average Bonchev–Trinajstić information content (AvgIpc) is 2.48. The molecule has 3 N–H and O–H groups in total. The van der Waals surface area contributed by atoms with Crippen molar-refractivity contribution in [3.63, 3.8) is 0 Å². The molecule has 0 aromatic carbocycles. The van der Waals surface area contributed by atoms with Crippen LogP contribution in [-0.4, -0.2) is 32.4 Å². The molecule has 0 amide bonds. The van der Waals surface area contributed by atoms with E-state index >= 15 is 0 Å². The van der Waals surface area contributed by atoms with Gasteiger partial charge in [-0.05, 0) is 12.2 Å². The van der Waals surface area contributed by atoms with Crippen LogP contribution in [0.15, 0.2) is 0 Å². The van der Waals surface area contributed by atoms with Gasteiger partial charge in [0.05, 0.1) is 10.7 Å². The van der Waals surface area contributed by atoms with Gasteiger partial charge in [-0.3, -0.25) is 5.43 Å². The summed E-state index contributed by atoms with van der Waals surface area (Å²) >= 11 is 8.71. The maximum absolute atomic E-state index is 5.38. The third-order valence-electron chi connectivity index (χ3n) is 1.72. The highest BCUT2D eigenvalue weighted by molar-refractivity contribution is 8.07. The Balaban J connectivity index is 1.99. The number of hydrogen-bond acceptors (Lipinski definition) is 4. The number of fused-ring (bicyclic) bond motifs is 2. The second-order valence-corrected chi connectivity index (χ2v) is 5.32. The highest BCUT2D eigenvalue weighted by atomic mass is 32.2. The number of nitrogens with one attached hydrogen (secondary N) is 1. The van der Waals surface area contributed by atoms with E-state index in [1.54, 1.807) is 0 Å². The lowest BCUT2D eigenvalue weighted by Crippen LogP contribution is -2.47. The van der Waals surface area contributed by atoms with Crippen molar-refractivity contribution in [2.24, 2.45) is 5.73 Å². The van der Waals surface area contributed by atoms with Crippen molar-refractivity contribution < 1.29 is 0 Å². The minimum absolute atomic E-state index is 0.380. The maximum Gasteiger partial charge on any atom is 0.178 e. The third-order valence-corrected chi connectivity index (χ3v) is 4.81. The van der Waals surface area contributed by atoms with Gasteiger partial charge in [0.25, 0.3) is 0 Å². The Morgan fingerprint density at radius 3 is 2.36 bits per heavy atom. The summed E-state index contributed by atoms with van der Waals surface area (Å²) in [6, 6.07) is 0. The maximum atomic E-state index is 5.38. The fourth-order valence-corrected chi connectivity index (χ4v) is 4.50. The van der Waals surface area contributed by atoms with E-state index < -0.39 is 0 Å². The Bertz CT molecular complexity index is 166. The van der Waals surface area contributed by atoms with Crippen LogP contribution in [0.3, 0.4) is 0 Å². The number of hydrazine groups is 1. The van der Waals surface area contributed by atoms with E-state index in [4.69, 9.17) is 18.0 Å². The van der Waals surface area contributed by atoms with Crippen molar-refractivity contribution in [2.45, 2.75) is 10.7 Å². The summed E-state index contributed by atoms with van der Waals surface area (Å²) in [5.41, 5.74) is 8.39. The summed E-state index contributed by atoms with van der Waals surface area (Å²) in [6.07, 6.45) is 0. The first-order chi connectivity index (χ1) is 5.27. The lowest BCUT2D eigenvalue weighted by Gasteiger charge is -2.20. The van der Waals surface area contributed by atoms with Gasteiger partial charge < -0.3 is 5.73 Å². The molecule has 0 radical (unpaired) electrons. The summed E-state index contributed by atoms with van der Waals surface area (Å²) in [4.78, 5) is 0. The molecule has 2 rings (SSSR count). The molecule has 2 atom stereocenters. The molecule has 2 aliphatic heterocycles. The smallest absolute Gasteiger partial charge is 0.178 e. The van der Waals surface area contributed by atoms with Gasteiger partial charge in [-0.2, -0.15) is 5.01 Å². The van der Waals surface area contributed by atoms with E-state index in [1.165, 1.54) is 11.5 Å². The molecule has 0 aromatic rings. The van der Waals surface area contributed by atoms with Gasteiger partial charge in [0.1, 0.15) is 0 Å². The number of thioether (sulfide) groups is 2. The second-order valence-electron chi connectivity index (χ2n) is 2.46. The van der Waals surface area contributed by atoms with Crippen LogP contribution in [0.25, 0.3) is 0 Å². The van der Waals surface area contributed by atoms with E-state index in [1.807, 2.05) is 23.5 Å².